The first-order valence-corrected chi connectivity index (χ1v) is 2.78. The van der Waals surface area contributed by atoms with Gasteiger partial charge in [0.15, 0.2) is 17.5 Å². The zero-order valence-electron chi connectivity index (χ0n) is 5.31. The van der Waals surface area contributed by atoms with Gasteiger partial charge in [-0.25, -0.2) is 13.2 Å². The van der Waals surface area contributed by atoms with E-state index in [1.54, 1.807) is 0 Å². The van der Waals surface area contributed by atoms with Crippen molar-refractivity contribution in [3.63, 3.8) is 0 Å². The van der Waals surface area contributed by atoms with E-state index in [9.17, 15) is 13.2 Å². The molecule has 5 heteroatoms. The zero-order chi connectivity index (χ0) is 8.43. The van der Waals surface area contributed by atoms with Crippen LogP contribution in [0.25, 0.3) is 5.53 Å². The highest BCUT2D eigenvalue weighted by atomic mass is 19.2. The molecule has 1 rings (SSSR count). The second kappa shape index (κ2) is 2.72. The van der Waals surface area contributed by atoms with Gasteiger partial charge in [-0.1, -0.05) is 0 Å². The first kappa shape index (κ1) is 7.75. The van der Waals surface area contributed by atoms with Crippen LogP contribution in [0.4, 0.5) is 13.2 Å². The van der Waals surface area contributed by atoms with Gasteiger partial charge in [-0.15, -0.1) is 0 Å². The van der Waals surface area contributed by atoms with Crippen molar-refractivity contribution in [3.05, 3.63) is 29.1 Å². The Morgan fingerprint density at radius 1 is 1.36 bits per heavy atom. The van der Waals surface area contributed by atoms with Gasteiger partial charge in [0, 0.05) is 0 Å². The number of nitrogens with zero attached hydrogens (tertiary/aromatic N) is 2. The van der Waals surface area contributed by atoms with Crippen LogP contribution in [-0.2, 0) is 0 Å². The van der Waals surface area contributed by atoms with Crippen LogP contribution in [0, 0.1) is 0 Å². The van der Waals surface area contributed by atoms with Gasteiger partial charge >= 0.3 is 5.71 Å². The highest BCUT2D eigenvalue weighted by Gasteiger charge is 2.24. The summed E-state index contributed by atoms with van der Waals surface area (Å²) in [7, 11) is 0. The van der Waals surface area contributed by atoms with Gasteiger partial charge < -0.3 is 5.53 Å². The lowest BCUT2D eigenvalue weighted by molar-refractivity contribution is -0.00633. The molecule has 1 aliphatic carbocycles. The van der Waals surface area contributed by atoms with E-state index in [0.717, 1.165) is 0 Å². The summed E-state index contributed by atoms with van der Waals surface area (Å²) in [6, 6.07) is 0. The van der Waals surface area contributed by atoms with Gasteiger partial charge in [-0.3, -0.25) is 0 Å². The minimum atomic E-state index is -1.52. The molecule has 0 amide bonds. The fourth-order valence-corrected chi connectivity index (χ4v) is 0.691. The van der Waals surface area contributed by atoms with E-state index in [2.05, 4.69) is 4.79 Å². The molecule has 0 heterocycles. The normalized spacial score (nSPS) is 18.1. The lowest BCUT2D eigenvalue weighted by atomic mass is 10.1. The molecule has 0 radical (unpaired) electrons. The molecule has 1 aliphatic rings. The molecule has 0 spiro atoms. The molecule has 0 fully saturated rings. The van der Waals surface area contributed by atoms with Crippen LogP contribution in [0.15, 0.2) is 23.6 Å². The van der Waals surface area contributed by atoms with Crippen LogP contribution in [0.1, 0.15) is 6.42 Å². The van der Waals surface area contributed by atoms with E-state index in [4.69, 9.17) is 5.53 Å². The average Bonchev–Trinajstić information content (AvgIpc) is 1.99. The molecule has 0 bridgehead atoms. The van der Waals surface area contributed by atoms with Crippen molar-refractivity contribution in [1.29, 1.82) is 0 Å². The fraction of sp³-hybridized carbons (Fsp3) is 0.167. The van der Waals surface area contributed by atoms with Crippen LogP contribution in [0.3, 0.4) is 0 Å². The third kappa shape index (κ3) is 1.38. The summed E-state index contributed by atoms with van der Waals surface area (Å²) in [5, 5.41) is 0. The molecular formula is C6H3F3N2. The molecular weight excluding hydrogens is 157 g/mol. The quantitative estimate of drug-likeness (QED) is 0.384. The maximum Gasteiger partial charge on any atom is 0.301 e. The molecule has 58 valence electrons. The smallest absolute Gasteiger partial charge is 0.301 e. The van der Waals surface area contributed by atoms with Crippen molar-refractivity contribution in [1.82, 2.24) is 0 Å². The topological polar surface area (TPSA) is 36.4 Å². The number of hydrogen-bond donors (Lipinski definition) is 0. The van der Waals surface area contributed by atoms with Crippen LogP contribution < -0.4 is 0 Å². The zero-order valence-corrected chi connectivity index (χ0v) is 5.31. The predicted octanol–water partition coefficient (Wildman–Crippen LogP) is 2.06. The summed E-state index contributed by atoms with van der Waals surface area (Å²) in [4.78, 5) is 2.54. The maximum atomic E-state index is 12.3. The molecule has 0 aliphatic heterocycles. The van der Waals surface area contributed by atoms with Gasteiger partial charge in [0.1, 0.15) is 6.42 Å². The SMILES string of the molecule is [N-]=[N+]=C1C=C(F)C(F)=C(F)C1. The Hall–Kier alpha value is -1.35. The Morgan fingerprint density at radius 2 is 2.00 bits per heavy atom. The third-order valence-electron chi connectivity index (χ3n) is 1.21. The van der Waals surface area contributed by atoms with E-state index in [1.807, 2.05) is 0 Å². The van der Waals surface area contributed by atoms with Crippen molar-refractivity contribution in [2.24, 2.45) is 0 Å². The third-order valence-corrected chi connectivity index (χ3v) is 1.21. The Balaban J connectivity index is 3.10. The first-order chi connectivity index (χ1) is 5.15. The van der Waals surface area contributed by atoms with Crippen molar-refractivity contribution >= 4 is 5.71 Å². The maximum absolute atomic E-state index is 12.3. The molecule has 0 atom stereocenters. The first-order valence-electron chi connectivity index (χ1n) is 2.78. The molecule has 0 unspecified atom stereocenters. The monoisotopic (exact) mass is 160 g/mol. The summed E-state index contributed by atoms with van der Waals surface area (Å²) in [6.07, 6.45) is 0.133. The molecule has 0 N–H and O–H groups in total. The van der Waals surface area contributed by atoms with E-state index in [1.165, 1.54) is 0 Å². The summed E-state index contributed by atoms with van der Waals surface area (Å²) >= 11 is 0. The second-order valence-corrected chi connectivity index (χ2v) is 1.98. The van der Waals surface area contributed by atoms with E-state index in [-0.39, 0.29) is 5.71 Å². The van der Waals surface area contributed by atoms with Crippen molar-refractivity contribution in [3.8, 4) is 0 Å². The minimum absolute atomic E-state index is 0.235. The largest absolute Gasteiger partial charge is 0.361 e. The number of rotatable bonds is 0. The van der Waals surface area contributed by atoms with Crippen LogP contribution in [-0.4, -0.2) is 10.5 Å². The number of allylic oxidation sites excluding steroid dienone is 4. The lowest BCUT2D eigenvalue weighted by Gasteiger charge is -1.99. The van der Waals surface area contributed by atoms with Crippen molar-refractivity contribution < 1.29 is 18.0 Å². The average molecular weight is 160 g/mol. The van der Waals surface area contributed by atoms with Crippen molar-refractivity contribution in [2.75, 3.05) is 0 Å². The Bertz CT molecular complexity index is 297. The molecule has 2 nitrogen and oxygen atoms in total. The number of hydrogen-bond acceptors (Lipinski definition) is 0. The van der Waals surface area contributed by atoms with Gasteiger partial charge in [0.2, 0.25) is 0 Å². The number of halogens is 3. The van der Waals surface area contributed by atoms with Crippen LogP contribution in [0.5, 0.6) is 0 Å². The predicted molar refractivity (Wildman–Crippen MR) is 31.7 cm³/mol. The van der Waals surface area contributed by atoms with Gasteiger partial charge in [0.05, 0.1) is 6.08 Å². The van der Waals surface area contributed by atoms with Gasteiger partial charge in [0.25, 0.3) is 0 Å². The summed E-state index contributed by atoms with van der Waals surface area (Å²) < 4.78 is 36.8. The van der Waals surface area contributed by atoms with Gasteiger partial charge in [-0.05, 0) is 0 Å². The Labute approximate surface area is 60.3 Å². The summed E-state index contributed by atoms with van der Waals surface area (Å²) in [5.41, 5.74) is 7.84. The van der Waals surface area contributed by atoms with Crippen molar-refractivity contribution in [2.45, 2.75) is 6.42 Å². The van der Waals surface area contributed by atoms with Crippen LogP contribution in [0.2, 0.25) is 0 Å². The molecule has 0 aromatic carbocycles. The Kier molecular flexibility index (Phi) is 1.92. The molecule has 0 saturated heterocycles. The highest BCUT2D eigenvalue weighted by Crippen LogP contribution is 2.25. The second-order valence-electron chi connectivity index (χ2n) is 1.98. The fourth-order valence-electron chi connectivity index (χ4n) is 0.691. The highest BCUT2D eigenvalue weighted by molar-refractivity contribution is 5.94. The van der Waals surface area contributed by atoms with Gasteiger partial charge in [-0.2, -0.15) is 4.79 Å². The van der Waals surface area contributed by atoms with E-state index in [0.29, 0.717) is 6.08 Å². The molecule has 11 heavy (non-hydrogen) atoms. The molecule has 0 aromatic rings. The minimum Gasteiger partial charge on any atom is -0.361 e. The summed E-state index contributed by atoms with van der Waals surface area (Å²) in [5.74, 6) is -4.11. The summed E-state index contributed by atoms with van der Waals surface area (Å²) in [6.45, 7) is 0. The van der Waals surface area contributed by atoms with E-state index < -0.39 is 23.9 Å². The molecule has 0 aromatic heterocycles. The standard InChI is InChI=1S/C6H3F3N2/c7-4-1-3(11-10)2-5(8)6(4)9/h1H,2H2. The Morgan fingerprint density at radius 3 is 2.45 bits per heavy atom. The lowest BCUT2D eigenvalue weighted by Crippen LogP contribution is -2.03. The van der Waals surface area contributed by atoms with Crippen LogP contribution >= 0.6 is 0 Å². The molecule has 0 saturated carbocycles. The van der Waals surface area contributed by atoms with E-state index >= 15 is 0 Å².